The van der Waals surface area contributed by atoms with Crippen molar-refractivity contribution in [2.45, 2.75) is 26.3 Å². The minimum absolute atomic E-state index is 0.189. The number of halogens is 2. The van der Waals surface area contributed by atoms with Crippen molar-refractivity contribution in [2.24, 2.45) is 0 Å². The number of hydrogen-bond acceptors (Lipinski definition) is 3. The average Bonchev–Trinajstić information content (AvgIpc) is 2.99. The number of nitrogens with zero attached hydrogens (tertiary/aromatic N) is 1. The van der Waals surface area contributed by atoms with Gasteiger partial charge in [-0.1, -0.05) is 39.3 Å². The first-order valence-electron chi connectivity index (χ1n) is 8.23. The number of hydrogen-bond donors (Lipinski definition) is 2. The molecule has 1 aromatic heterocycles. The van der Waals surface area contributed by atoms with Gasteiger partial charge in [-0.05, 0) is 50.6 Å². The van der Waals surface area contributed by atoms with Crippen LogP contribution in [0.15, 0.2) is 51.5 Å². The van der Waals surface area contributed by atoms with E-state index in [4.69, 9.17) is 4.52 Å². The fourth-order valence-corrected chi connectivity index (χ4v) is 3.53. The number of nitrogens with one attached hydrogen (secondary N) is 1. The Morgan fingerprint density at radius 3 is 2.59 bits per heavy atom. The zero-order valence-corrected chi connectivity index (χ0v) is 16.6. The Hall–Kier alpha value is -2.67. The van der Waals surface area contributed by atoms with Gasteiger partial charge in [0.2, 0.25) is 0 Å². The van der Waals surface area contributed by atoms with Gasteiger partial charge >= 0.3 is 6.09 Å². The molecule has 1 heterocycles. The van der Waals surface area contributed by atoms with E-state index in [0.29, 0.717) is 17.0 Å². The molecule has 27 heavy (non-hydrogen) atoms. The summed E-state index contributed by atoms with van der Waals surface area (Å²) in [6.45, 7) is 5.24. The molecule has 0 aliphatic rings. The summed E-state index contributed by atoms with van der Waals surface area (Å²) in [4.78, 5) is 11.6. The van der Waals surface area contributed by atoms with Gasteiger partial charge in [-0.2, -0.15) is 0 Å². The molecule has 7 heteroatoms. The topological polar surface area (TPSA) is 75.4 Å². The zero-order chi connectivity index (χ0) is 19.8. The summed E-state index contributed by atoms with van der Waals surface area (Å²) in [6.07, 6.45) is -1.28. The van der Waals surface area contributed by atoms with Gasteiger partial charge < -0.3 is 14.9 Å². The maximum absolute atomic E-state index is 14.6. The van der Waals surface area contributed by atoms with Gasteiger partial charge in [0.1, 0.15) is 5.82 Å². The van der Waals surface area contributed by atoms with Crippen molar-refractivity contribution in [1.29, 1.82) is 0 Å². The minimum Gasteiger partial charge on any atom is -0.465 e. The first kappa shape index (κ1) is 19.1. The van der Waals surface area contributed by atoms with Crippen LogP contribution in [0.25, 0.3) is 11.3 Å². The van der Waals surface area contributed by atoms with Crippen LogP contribution in [0.3, 0.4) is 0 Å². The molecule has 0 spiro atoms. The highest BCUT2D eigenvalue weighted by atomic mass is 79.9. The molecule has 1 amide bonds. The van der Waals surface area contributed by atoms with Crippen LogP contribution >= 0.6 is 15.9 Å². The summed E-state index contributed by atoms with van der Waals surface area (Å²) in [7, 11) is 0. The Morgan fingerprint density at radius 2 is 1.96 bits per heavy atom. The number of carbonyl (C=O) groups is 1. The SMILES string of the molecule is Cc1cc(-c2onc(C)c2C(C)(NC(=O)O)c2ccccc2F)ccc1Br. The molecule has 0 aliphatic carbocycles. The first-order chi connectivity index (χ1) is 12.7. The van der Waals surface area contributed by atoms with Crippen molar-refractivity contribution in [2.75, 3.05) is 0 Å². The molecule has 0 saturated heterocycles. The van der Waals surface area contributed by atoms with Crippen LogP contribution in [0.2, 0.25) is 0 Å². The van der Waals surface area contributed by atoms with E-state index in [2.05, 4.69) is 26.4 Å². The second kappa shape index (κ2) is 7.15. The van der Waals surface area contributed by atoms with Gasteiger partial charge in [-0.25, -0.2) is 9.18 Å². The van der Waals surface area contributed by atoms with E-state index < -0.39 is 17.4 Å². The van der Waals surface area contributed by atoms with E-state index in [0.717, 1.165) is 15.6 Å². The Bertz CT molecular complexity index is 1020. The van der Waals surface area contributed by atoms with Crippen LogP contribution in [-0.2, 0) is 5.54 Å². The Balaban J connectivity index is 2.28. The van der Waals surface area contributed by atoms with Crippen LogP contribution < -0.4 is 5.32 Å². The molecule has 0 saturated carbocycles. The third-order valence-corrected chi connectivity index (χ3v) is 5.44. The minimum atomic E-state index is -1.39. The van der Waals surface area contributed by atoms with Crippen LogP contribution in [0.5, 0.6) is 0 Å². The monoisotopic (exact) mass is 432 g/mol. The summed E-state index contributed by atoms with van der Waals surface area (Å²) in [6, 6.07) is 11.7. The predicted octanol–water partition coefficient (Wildman–Crippen LogP) is 5.39. The number of aromatic nitrogens is 1. The first-order valence-corrected chi connectivity index (χ1v) is 9.02. The lowest BCUT2D eigenvalue weighted by molar-refractivity contribution is 0.184. The van der Waals surface area contributed by atoms with Crippen molar-refractivity contribution >= 4 is 22.0 Å². The fourth-order valence-electron chi connectivity index (χ4n) is 3.29. The van der Waals surface area contributed by atoms with E-state index in [1.165, 1.54) is 6.07 Å². The average molecular weight is 433 g/mol. The fraction of sp³-hybridized carbons (Fsp3) is 0.200. The molecule has 0 fully saturated rings. The predicted molar refractivity (Wildman–Crippen MR) is 103 cm³/mol. The van der Waals surface area contributed by atoms with Crippen molar-refractivity contribution in [1.82, 2.24) is 10.5 Å². The van der Waals surface area contributed by atoms with Crippen molar-refractivity contribution in [3.05, 3.63) is 75.1 Å². The molecule has 3 aromatic rings. The highest BCUT2D eigenvalue weighted by Crippen LogP contribution is 2.40. The van der Waals surface area contributed by atoms with Crippen LogP contribution in [-0.4, -0.2) is 16.4 Å². The standard InChI is InChI=1S/C20H18BrFN2O3/c1-11-10-13(8-9-15(11)21)18-17(12(2)24-27-18)20(3,23-19(25)26)14-6-4-5-7-16(14)22/h4-10,23H,1-3H3,(H,25,26). The molecular formula is C20H18BrFN2O3. The maximum atomic E-state index is 14.6. The Morgan fingerprint density at radius 1 is 1.26 bits per heavy atom. The molecule has 2 N–H and O–H groups in total. The van der Waals surface area contributed by atoms with Crippen molar-refractivity contribution in [3.8, 4) is 11.3 Å². The lowest BCUT2D eigenvalue weighted by Crippen LogP contribution is -2.45. The van der Waals surface area contributed by atoms with Crippen LogP contribution in [0.1, 0.15) is 29.3 Å². The normalized spacial score (nSPS) is 13.2. The lowest BCUT2D eigenvalue weighted by atomic mass is 9.82. The van der Waals surface area contributed by atoms with Gasteiger partial charge in [-0.15, -0.1) is 0 Å². The van der Waals surface area contributed by atoms with Crippen molar-refractivity contribution in [3.63, 3.8) is 0 Å². The summed E-state index contributed by atoms with van der Waals surface area (Å²) in [5, 5.41) is 15.9. The van der Waals surface area contributed by atoms with Gasteiger partial charge in [0, 0.05) is 15.6 Å². The molecule has 1 atom stereocenters. The van der Waals surface area contributed by atoms with E-state index >= 15 is 0 Å². The number of aryl methyl sites for hydroxylation is 2. The Kier molecular flexibility index (Phi) is 5.06. The summed E-state index contributed by atoms with van der Waals surface area (Å²) >= 11 is 3.46. The Labute approximate surface area is 164 Å². The molecule has 0 radical (unpaired) electrons. The molecule has 3 rings (SSSR count). The second-order valence-electron chi connectivity index (χ2n) is 6.47. The number of amides is 1. The highest BCUT2D eigenvalue weighted by molar-refractivity contribution is 9.10. The highest BCUT2D eigenvalue weighted by Gasteiger charge is 2.39. The summed E-state index contributed by atoms with van der Waals surface area (Å²) < 4.78 is 21.1. The summed E-state index contributed by atoms with van der Waals surface area (Å²) in [5.41, 5.74) is 1.44. The zero-order valence-electron chi connectivity index (χ0n) is 15.0. The number of carboxylic acid groups (broad SMARTS) is 1. The smallest absolute Gasteiger partial charge is 0.405 e. The van der Waals surface area contributed by atoms with Gasteiger partial charge in [0.25, 0.3) is 0 Å². The van der Waals surface area contributed by atoms with Crippen molar-refractivity contribution < 1.29 is 18.8 Å². The van der Waals surface area contributed by atoms with Crippen LogP contribution in [0, 0.1) is 19.7 Å². The van der Waals surface area contributed by atoms with E-state index in [1.807, 2.05) is 25.1 Å². The van der Waals surface area contributed by atoms with Gasteiger partial charge in [0.05, 0.1) is 16.8 Å². The number of rotatable bonds is 4. The molecule has 0 aliphatic heterocycles. The van der Waals surface area contributed by atoms with Crippen LogP contribution in [0.4, 0.5) is 9.18 Å². The molecular weight excluding hydrogens is 415 g/mol. The number of benzene rings is 2. The lowest BCUT2D eigenvalue weighted by Gasteiger charge is -2.31. The largest absolute Gasteiger partial charge is 0.465 e. The maximum Gasteiger partial charge on any atom is 0.405 e. The molecule has 140 valence electrons. The molecule has 0 bridgehead atoms. The summed E-state index contributed by atoms with van der Waals surface area (Å²) in [5.74, 6) is -0.130. The van der Waals surface area contributed by atoms with E-state index in [1.54, 1.807) is 32.0 Å². The molecule has 1 unspecified atom stereocenters. The van der Waals surface area contributed by atoms with Gasteiger partial charge in [-0.3, -0.25) is 0 Å². The quantitative estimate of drug-likeness (QED) is 0.579. The third kappa shape index (κ3) is 3.47. The molecule has 5 nitrogen and oxygen atoms in total. The van der Waals surface area contributed by atoms with Gasteiger partial charge in [0.15, 0.2) is 5.76 Å². The van der Waals surface area contributed by atoms with E-state index in [-0.39, 0.29) is 5.56 Å². The second-order valence-corrected chi connectivity index (χ2v) is 7.33. The third-order valence-electron chi connectivity index (χ3n) is 4.55. The molecule has 2 aromatic carbocycles. The van der Waals surface area contributed by atoms with E-state index in [9.17, 15) is 14.3 Å².